The summed E-state index contributed by atoms with van der Waals surface area (Å²) in [6.45, 7) is 5.55. The largest absolute Gasteiger partial charge is 1.00 e. The van der Waals surface area contributed by atoms with Crippen molar-refractivity contribution < 1.29 is 22.1 Å². The molecule has 0 bridgehead atoms. The molecule has 3 heteroatoms. The number of halogens is 1. The SMILES string of the molecule is Cc1c[n+](CCc2ccc(O)cc2)cc2c1CCC2C.[Cl-]. The van der Waals surface area contributed by atoms with Gasteiger partial charge in [0.05, 0.1) is 0 Å². The highest BCUT2D eigenvalue weighted by Gasteiger charge is 2.24. The fraction of sp³-hybridized carbons (Fsp3) is 0.389. The average Bonchev–Trinajstić information content (AvgIpc) is 2.81. The van der Waals surface area contributed by atoms with Gasteiger partial charge in [-0.2, -0.15) is 0 Å². The summed E-state index contributed by atoms with van der Waals surface area (Å²) in [5.41, 5.74) is 5.80. The monoisotopic (exact) mass is 303 g/mol. The Kier molecular flexibility index (Phi) is 4.89. The summed E-state index contributed by atoms with van der Waals surface area (Å²) in [6, 6.07) is 7.52. The Labute approximate surface area is 132 Å². The first-order valence-corrected chi connectivity index (χ1v) is 7.44. The lowest BCUT2D eigenvalue weighted by Crippen LogP contribution is -3.00. The third kappa shape index (κ3) is 3.38. The molecule has 0 amide bonds. The maximum Gasteiger partial charge on any atom is 0.172 e. The zero-order chi connectivity index (χ0) is 14.1. The van der Waals surface area contributed by atoms with Crippen molar-refractivity contribution in [2.24, 2.45) is 0 Å². The van der Waals surface area contributed by atoms with Crippen LogP contribution in [-0.2, 0) is 19.4 Å². The van der Waals surface area contributed by atoms with Gasteiger partial charge in [0, 0.05) is 17.5 Å². The van der Waals surface area contributed by atoms with Gasteiger partial charge in [-0.05, 0) is 48.9 Å². The van der Waals surface area contributed by atoms with Crippen LogP contribution in [0.5, 0.6) is 5.75 Å². The molecule has 1 aliphatic rings. The molecule has 1 N–H and O–H groups in total. The molecular weight excluding hydrogens is 282 g/mol. The number of hydrogen-bond donors (Lipinski definition) is 1. The Morgan fingerprint density at radius 2 is 1.90 bits per heavy atom. The first kappa shape index (κ1) is 15.8. The number of aromatic hydroxyl groups is 1. The fourth-order valence-corrected chi connectivity index (χ4v) is 3.18. The predicted octanol–water partition coefficient (Wildman–Crippen LogP) is 0.285. The summed E-state index contributed by atoms with van der Waals surface area (Å²) in [7, 11) is 0. The Morgan fingerprint density at radius 1 is 1.19 bits per heavy atom. The van der Waals surface area contributed by atoms with Gasteiger partial charge >= 0.3 is 0 Å². The second kappa shape index (κ2) is 6.48. The molecule has 1 aromatic carbocycles. The minimum absolute atomic E-state index is 0. The highest BCUT2D eigenvalue weighted by atomic mass is 35.5. The minimum Gasteiger partial charge on any atom is -1.00 e. The molecule has 1 heterocycles. The molecule has 0 aliphatic heterocycles. The van der Waals surface area contributed by atoms with Crippen LogP contribution in [-0.4, -0.2) is 5.11 Å². The van der Waals surface area contributed by atoms with E-state index in [1.165, 1.54) is 29.5 Å². The molecule has 21 heavy (non-hydrogen) atoms. The maximum atomic E-state index is 9.31. The number of hydrogen-bond acceptors (Lipinski definition) is 1. The van der Waals surface area contributed by atoms with Gasteiger partial charge in [0.1, 0.15) is 5.75 Å². The first-order chi connectivity index (χ1) is 9.63. The normalized spacial score (nSPS) is 16.4. The molecule has 0 saturated carbocycles. The summed E-state index contributed by atoms with van der Waals surface area (Å²) >= 11 is 0. The van der Waals surface area contributed by atoms with Crippen molar-refractivity contribution in [2.75, 3.05) is 0 Å². The van der Waals surface area contributed by atoms with Crippen molar-refractivity contribution in [3.8, 4) is 5.75 Å². The van der Waals surface area contributed by atoms with E-state index < -0.39 is 0 Å². The number of phenols is 1. The Hall–Kier alpha value is -1.54. The lowest BCUT2D eigenvalue weighted by Gasteiger charge is -2.06. The van der Waals surface area contributed by atoms with Gasteiger partial charge in [-0.15, -0.1) is 0 Å². The molecule has 2 nitrogen and oxygen atoms in total. The fourth-order valence-electron chi connectivity index (χ4n) is 3.18. The van der Waals surface area contributed by atoms with E-state index >= 15 is 0 Å². The molecule has 1 atom stereocenters. The van der Waals surface area contributed by atoms with Crippen molar-refractivity contribution >= 4 is 0 Å². The molecule has 0 saturated heterocycles. The molecule has 0 fully saturated rings. The van der Waals surface area contributed by atoms with E-state index in [1.54, 1.807) is 17.7 Å². The van der Waals surface area contributed by atoms with Crippen LogP contribution in [0.25, 0.3) is 0 Å². The number of aromatic nitrogens is 1. The second-order valence-corrected chi connectivity index (χ2v) is 5.97. The molecule has 0 radical (unpaired) electrons. The van der Waals surface area contributed by atoms with Gasteiger partial charge in [-0.3, -0.25) is 0 Å². The van der Waals surface area contributed by atoms with Crippen LogP contribution in [0.2, 0.25) is 0 Å². The number of fused-ring (bicyclic) bond motifs is 1. The van der Waals surface area contributed by atoms with Gasteiger partial charge in [-0.1, -0.05) is 19.1 Å². The summed E-state index contributed by atoms with van der Waals surface area (Å²) in [4.78, 5) is 0. The van der Waals surface area contributed by atoms with Crippen molar-refractivity contribution in [3.63, 3.8) is 0 Å². The maximum absolute atomic E-state index is 9.31. The van der Waals surface area contributed by atoms with E-state index in [-0.39, 0.29) is 12.4 Å². The second-order valence-electron chi connectivity index (χ2n) is 5.97. The van der Waals surface area contributed by atoms with Gasteiger partial charge < -0.3 is 17.5 Å². The van der Waals surface area contributed by atoms with Crippen LogP contribution in [0.1, 0.15) is 41.5 Å². The predicted molar refractivity (Wildman–Crippen MR) is 79.9 cm³/mol. The van der Waals surface area contributed by atoms with Crippen molar-refractivity contribution in [2.45, 2.75) is 45.6 Å². The van der Waals surface area contributed by atoms with E-state index in [0.717, 1.165) is 13.0 Å². The molecule has 1 aliphatic carbocycles. The number of benzene rings is 1. The molecule has 1 aromatic heterocycles. The minimum atomic E-state index is 0. The molecular formula is C18H22ClNO. The summed E-state index contributed by atoms with van der Waals surface area (Å²) in [6.07, 6.45) is 8.13. The van der Waals surface area contributed by atoms with E-state index in [9.17, 15) is 5.11 Å². The Bertz CT molecular complexity index is 622. The molecule has 1 unspecified atom stereocenters. The zero-order valence-corrected chi connectivity index (χ0v) is 13.4. The quantitative estimate of drug-likeness (QED) is 0.810. The van der Waals surface area contributed by atoms with Crippen molar-refractivity contribution in [3.05, 3.63) is 58.9 Å². The molecule has 0 spiro atoms. The van der Waals surface area contributed by atoms with E-state index in [1.807, 2.05) is 12.1 Å². The van der Waals surface area contributed by atoms with Crippen LogP contribution in [0.4, 0.5) is 0 Å². The van der Waals surface area contributed by atoms with E-state index in [2.05, 4.69) is 30.8 Å². The van der Waals surface area contributed by atoms with Crippen LogP contribution >= 0.6 is 0 Å². The average molecular weight is 304 g/mol. The zero-order valence-electron chi connectivity index (χ0n) is 12.6. The standard InChI is InChI=1S/C18H21NO.ClH/c1-13-3-8-17-14(2)11-19(12-18(13)17)10-9-15-4-6-16(20)7-5-15;/h4-7,11-13H,3,8-10H2,1-2H3;1H. The van der Waals surface area contributed by atoms with Crippen LogP contribution in [0, 0.1) is 6.92 Å². The topological polar surface area (TPSA) is 24.1 Å². The number of pyridine rings is 1. The summed E-state index contributed by atoms with van der Waals surface area (Å²) in [5, 5.41) is 9.31. The lowest BCUT2D eigenvalue weighted by molar-refractivity contribution is -0.697. The van der Waals surface area contributed by atoms with Crippen LogP contribution < -0.4 is 17.0 Å². The van der Waals surface area contributed by atoms with Gasteiger partial charge in [0.15, 0.2) is 18.9 Å². The Balaban J connectivity index is 0.00000161. The smallest absolute Gasteiger partial charge is 0.172 e. The number of phenolic OH excluding ortho intramolecular Hbond substituents is 1. The third-order valence-electron chi connectivity index (χ3n) is 4.44. The van der Waals surface area contributed by atoms with Crippen molar-refractivity contribution in [1.82, 2.24) is 0 Å². The lowest BCUT2D eigenvalue weighted by atomic mass is 10.0. The summed E-state index contributed by atoms with van der Waals surface area (Å²) in [5.74, 6) is 1.04. The first-order valence-electron chi connectivity index (χ1n) is 7.44. The number of nitrogens with zero attached hydrogens (tertiary/aromatic N) is 1. The van der Waals surface area contributed by atoms with Gasteiger partial charge in [0.2, 0.25) is 0 Å². The molecule has 112 valence electrons. The van der Waals surface area contributed by atoms with Gasteiger partial charge in [-0.25, -0.2) is 4.57 Å². The van der Waals surface area contributed by atoms with E-state index in [0.29, 0.717) is 11.7 Å². The van der Waals surface area contributed by atoms with Crippen molar-refractivity contribution in [1.29, 1.82) is 0 Å². The number of aryl methyl sites for hydroxylation is 3. The van der Waals surface area contributed by atoms with Gasteiger partial charge in [0.25, 0.3) is 0 Å². The van der Waals surface area contributed by atoms with E-state index in [4.69, 9.17) is 0 Å². The highest BCUT2D eigenvalue weighted by molar-refractivity contribution is 5.35. The molecule has 2 aromatic rings. The molecule has 3 rings (SSSR count). The summed E-state index contributed by atoms with van der Waals surface area (Å²) < 4.78 is 2.32. The third-order valence-corrected chi connectivity index (χ3v) is 4.44. The Morgan fingerprint density at radius 3 is 2.62 bits per heavy atom. The van der Waals surface area contributed by atoms with Crippen LogP contribution in [0.15, 0.2) is 36.7 Å². The number of rotatable bonds is 3. The van der Waals surface area contributed by atoms with Crippen LogP contribution in [0.3, 0.4) is 0 Å². The highest BCUT2D eigenvalue weighted by Crippen LogP contribution is 2.33.